The number of urea groups is 1. The minimum atomic E-state index is -0.339. The van der Waals surface area contributed by atoms with Gasteiger partial charge in [-0.3, -0.25) is 4.79 Å². The van der Waals surface area contributed by atoms with Crippen LogP contribution < -0.4 is 25.2 Å². The van der Waals surface area contributed by atoms with E-state index in [1.807, 2.05) is 72.5 Å². The van der Waals surface area contributed by atoms with Gasteiger partial charge < -0.3 is 30.1 Å². The second-order valence-corrected chi connectivity index (χ2v) is 10.2. The number of hydrogen-bond acceptors (Lipinski definition) is 5. The molecule has 39 heavy (non-hydrogen) atoms. The van der Waals surface area contributed by atoms with Crippen LogP contribution in [0.1, 0.15) is 35.2 Å². The van der Waals surface area contributed by atoms with Crippen LogP contribution >= 0.6 is 0 Å². The molecule has 204 valence electrons. The van der Waals surface area contributed by atoms with Crippen LogP contribution in [0.5, 0.6) is 5.75 Å². The number of para-hydroxylation sites is 2. The number of likely N-dealkylation sites (tertiary alicyclic amines) is 1. The minimum absolute atomic E-state index is 0.0273. The summed E-state index contributed by atoms with van der Waals surface area (Å²) in [5.41, 5.74) is 5.07. The van der Waals surface area contributed by atoms with Crippen molar-refractivity contribution in [1.29, 1.82) is 0 Å². The van der Waals surface area contributed by atoms with Crippen LogP contribution in [-0.4, -0.2) is 63.2 Å². The second kappa shape index (κ2) is 12.1. The number of carbonyl (C=O) groups excluding carboxylic acids is 2. The standard InChI is InChI=1S/C31H37N5O3/c1-23-10-12-24(13-11-23)32-31(38)33-25-14-15-27(26(22-25)30(37)36-16-6-3-7-17-36)34-18-20-35(21-19-34)28-8-4-5-9-29(28)39-2/h4-5,8-15,22H,3,6-7,16-21H2,1-2H3,(H2,32,33,38). The first-order chi connectivity index (χ1) is 19.0. The predicted octanol–water partition coefficient (Wildman–Crippen LogP) is 5.60. The molecule has 8 heteroatoms. The molecule has 2 fully saturated rings. The molecule has 3 aromatic rings. The third-order valence-electron chi connectivity index (χ3n) is 7.48. The highest BCUT2D eigenvalue weighted by Crippen LogP contribution is 2.32. The number of rotatable bonds is 6. The van der Waals surface area contributed by atoms with Crippen molar-refractivity contribution in [2.45, 2.75) is 26.2 Å². The molecule has 2 N–H and O–H groups in total. The van der Waals surface area contributed by atoms with Crippen LogP contribution in [0.25, 0.3) is 0 Å². The van der Waals surface area contributed by atoms with E-state index < -0.39 is 0 Å². The third-order valence-corrected chi connectivity index (χ3v) is 7.48. The second-order valence-electron chi connectivity index (χ2n) is 10.2. The van der Waals surface area contributed by atoms with Gasteiger partial charge in [0.05, 0.1) is 18.4 Å². The number of aryl methyl sites for hydroxylation is 1. The van der Waals surface area contributed by atoms with Gasteiger partial charge in [-0.1, -0.05) is 29.8 Å². The van der Waals surface area contributed by atoms with E-state index in [1.54, 1.807) is 7.11 Å². The maximum Gasteiger partial charge on any atom is 0.323 e. The van der Waals surface area contributed by atoms with Crippen molar-refractivity contribution in [3.05, 3.63) is 77.9 Å². The molecule has 2 heterocycles. The van der Waals surface area contributed by atoms with E-state index in [0.717, 1.165) is 81.2 Å². The van der Waals surface area contributed by atoms with Gasteiger partial charge in [0.15, 0.2) is 0 Å². The maximum atomic E-state index is 13.7. The number of ether oxygens (including phenoxy) is 1. The molecular weight excluding hydrogens is 490 g/mol. The topological polar surface area (TPSA) is 77.1 Å². The zero-order chi connectivity index (χ0) is 27.2. The molecule has 2 aliphatic rings. The van der Waals surface area contributed by atoms with Gasteiger partial charge in [0.1, 0.15) is 5.75 Å². The molecule has 0 unspecified atom stereocenters. The molecule has 5 rings (SSSR count). The summed E-state index contributed by atoms with van der Waals surface area (Å²) in [4.78, 5) is 33.0. The first kappa shape index (κ1) is 26.4. The van der Waals surface area contributed by atoms with Gasteiger partial charge >= 0.3 is 6.03 Å². The Bertz CT molecular complexity index is 1300. The number of nitrogens with one attached hydrogen (secondary N) is 2. The van der Waals surface area contributed by atoms with Crippen LogP contribution in [0.15, 0.2) is 66.7 Å². The van der Waals surface area contributed by atoms with E-state index in [2.05, 4.69) is 26.5 Å². The number of piperazine rings is 1. The Hall–Kier alpha value is -4.20. The number of nitrogens with zero attached hydrogens (tertiary/aromatic N) is 3. The molecule has 0 bridgehead atoms. The fourth-order valence-electron chi connectivity index (χ4n) is 5.34. The zero-order valence-electron chi connectivity index (χ0n) is 22.8. The van der Waals surface area contributed by atoms with E-state index >= 15 is 0 Å². The Morgan fingerprint density at radius 1 is 0.718 bits per heavy atom. The zero-order valence-corrected chi connectivity index (χ0v) is 22.8. The largest absolute Gasteiger partial charge is 0.495 e. The van der Waals surface area contributed by atoms with Gasteiger partial charge in [-0.05, 0) is 68.7 Å². The molecule has 2 saturated heterocycles. The molecule has 0 aliphatic carbocycles. The molecule has 0 atom stereocenters. The number of anilines is 4. The summed E-state index contributed by atoms with van der Waals surface area (Å²) in [5, 5.41) is 5.78. The summed E-state index contributed by atoms with van der Waals surface area (Å²) in [6.45, 7) is 6.73. The smallest absolute Gasteiger partial charge is 0.323 e. The van der Waals surface area contributed by atoms with E-state index in [9.17, 15) is 9.59 Å². The predicted molar refractivity (Wildman–Crippen MR) is 157 cm³/mol. The Balaban J connectivity index is 1.34. The molecule has 3 aromatic carbocycles. The van der Waals surface area contributed by atoms with Gasteiger partial charge in [0.2, 0.25) is 0 Å². The van der Waals surface area contributed by atoms with Crippen LogP contribution in [0, 0.1) is 6.92 Å². The number of methoxy groups -OCH3 is 1. The van der Waals surface area contributed by atoms with E-state index in [1.165, 1.54) is 0 Å². The van der Waals surface area contributed by atoms with Gasteiger partial charge in [0, 0.05) is 56.3 Å². The molecular formula is C31H37N5O3. The SMILES string of the molecule is COc1ccccc1N1CCN(c2ccc(NC(=O)Nc3ccc(C)cc3)cc2C(=O)N2CCCCC2)CC1. The van der Waals surface area contributed by atoms with Gasteiger partial charge in [-0.25, -0.2) is 4.79 Å². The summed E-state index contributed by atoms with van der Waals surface area (Å²) < 4.78 is 5.57. The van der Waals surface area contributed by atoms with Crippen LogP contribution in [-0.2, 0) is 0 Å². The lowest BCUT2D eigenvalue weighted by Crippen LogP contribution is -2.47. The van der Waals surface area contributed by atoms with Crippen molar-refractivity contribution in [3.8, 4) is 5.75 Å². The summed E-state index contributed by atoms with van der Waals surface area (Å²) in [6, 6.07) is 21.1. The van der Waals surface area contributed by atoms with Crippen molar-refractivity contribution in [3.63, 3.8) is 0 Å². The number of carbonyl (C=O) groups is 2. The minimum Gasteiger partial charge on any atom is -0.495 e. The average Bonchev–Trinajstić information content (AvgIpc) is 2.98. The van der Waals surface area contributed by atoms with Gasteiger partial charge in [-0.15, -0.1) is 0 Å². The Labute approximate surface area is 230 Å². The summed E-state index contributed by atoms with van der Waals surface area (Å²) in [7, 11) is 1.70. The van der Waals surface area contributed by atoms with Crippen molar-refractivity contribution in [1.82, 2.24) is 4.90 Å². The lowest BCUT2D eigenvalue weighted by atomic mass is 10.1. The summed E-state index contributed by atoms with van der Waals surface area (Å²) in [6.07, 6.45) is 3.20. The average molecular weight is 528 g/mol. The first-order valence-corrected chi connectivity index (χ1v) is 13.7. The Morgan fingerprint density at radius 2 is 1.33 bits per heavy atom. The Morgan fingerprint density at radius 3 is 2.03 bits per heavy atom. The molecule has 8 nitrogen and oxygen atoms in total. The number of amides is 3. The molecule has 0 spiro atoms. The quantitative estimate of drug-likeness (QED) is 0.436. The molecule has 2 aliphatic heterocycles. The van der Waals surface area contributed by atoms with Gasteiger partial charge in [-0.2, -0.15) is 0 Å². The van der Waals surface area contributed by atoms with Crippen molar-refractivity contribution in [2.75, 3.05) is 66.8 Å². The highest BCUT2D eigenvalue weighted by atomic mass is 16.5. The molecule has 0 saturated carbocycles. The lowest BCUT2D eigenvalue weighted by Gasteiger charge is -2.39. The van der Waals surface area contributed by atoms with Crippen LogP contribution in [0.3, 0.4) is 0 Å². The molecule has 3 amide bonds. The van der Waals surface area contributed by atoms with Gasteiger partial charge in [0.25, 0.3) is 5.91 Å². The van der Waals surface area contributed by atoms with Crippen LogP contribution in [0.4, 0.5) is 27.5 Å². The van der Waals surface area contributed by atoms with E-state index in [0.29, 0.717) is 16.9 Å². The maximum absolute atomic E-state index is 13.7. The van der Waals surface area contributed by atoms with Crippen LogP contribution in [0.2, 0.25) is 0 Å². The van der Waals surface area contributed by atoms with Crippen molar-refractivity contribution < 1.29 is 14.3 Å². The third kappa shape index (κ3) is 6.28. The number of hydrogen-bond donors (Lipinski definition) is 2. The van der Waals surface area contributed by atoms with Crippen molar-refractivity contribution >= 4 is 34.7 Å². The first-order valence-electron chi connectivity index (χ1n) is 13.7. The Kier molecular flexibility index (Phi) is 8.20. The lowest BCUT2D eigenvalue weighted by molar-refractivity contribution is 0.0725. The summed E-state index contributed by atoms with van der Waals surface area (Å²) in [5.74, 6) is 0.894. The van der Waals surface area contributed by atoms with E-state index in [-0.39, 0.29) is 11.9 Å². The monoisotopic (exact) mass is 527 g/mol. The summed E-state index contributed by atoms with van der Waals surface area (Å²) >= 11 is 0. The normalized spacial score (nSPS) is 15.6. The fourth-order valence-corrected chi connectivity index (χ4v) is 5.34. The number of benzene rings is 3. The molecule has 0 aromatic heterocycles. The fraction of sp³-hybridized carbons (Fsp3) is 0.355. The number of piperidine rings is 1. The molecule has 0 radical (unpaired) electrons. The highest BCUT2D eigenvalue weighted by Gasteiger charge is 2.26. The van der Waals surface area contributed by atoms with E-state index in [4.69, 9.17) is 4.74 Å². The van der Waals surface area contributed by atoms with Crippen molar-refractivity contribution in [2.24, 2.45) is 0 Å². The highest BCUT2D eigenvalue weighted by molar-refractivity contribution is 6.04.